The average Bonchev–Trinajstić information content (AvgIpc) is 3.33. The second-order valence-corrected chi connectivity index (χ2v) is 7.27. The lowest BCUT2D eigenvalue weighted by molar-refractivity contribution is -0.137. The zero-order valence-electron chi connectivity index (χ0n) is 13.4. The van der Waals surface area contributed by atoms with Crippen molar-refractivity contribution in [3.63, 3.8) is 0 Å². The van der Waals surface area contributed by atoms with E-state index in [-0.39, 0.29) is 17.3 Å². The van der Waals surface area contributed by atoms with Crippen LogP contribution < -0.4 is 0 Å². The van der Waals surface area contributed by atoms with Crippen molar-refractivity contribution in [2.75, 3.05) is 13.2 Å². The maximum absolute atomic E-state index is 11.8. The summed E-state index contributed by atoms with van der Waals surface area (Å²) in [6.45, 7) is 2.11. The van der Waals surface area contributed by atoms with E-state index in [0.717, 1.165) is 48.8 Å². The van der Waals surface area contributed by atoms with Crippen LogP contribution in [0, 0.1) is 0 Å². The van der Waals surface area contributed by atoms with Gasteiger partial charge < -0.3 is 14.0 Å². The highest BCUT2D eigenvalue weighted by Gasteiger charge is 2.30. The Morgan fingerprint density at radius 1 is 1.21 bits per heavy atom. The third-order valence-electron chi connectivity index (χ3n) is 4.43. The number of esters is 1. The van der Waals surface area contributed by atoms with Crippen molar-refractivity contribution in [1.29, 1.82) is 0 Å². The highest BCUT2D eigenvalue weighted by atomic mass is 32.2. The Hall–Kier alpha value is -1.79. The topological polar surface area (TPSA) is 53.3 Å². The summed E-state index contributed by atoms with van der Waals surface area (Å²) in [4.78, 5) is 16.4. The normalized spacial score (nSPS) is 23.6. The largest absolute Gasteiger partial charge is 0.465 e. The lowest BCUT2D eigenvalue weighted by Gasteiger charge is -2.16. The molecule has 0 aliphatic carbocycles. The van der Waals surface area contributed by atoms with Gasteiger partial charge in [0.15, 0.2) is 5.16 Å². The van der Waals surface area contributed by atoms with Crippen molar-refractivity contribution < 1.29 is 14.3 Å². The Morgan fingerprint density at radius 3 is 2.79 bits per heavy atom. The van der Waals surface area contributed by atoms with E-state index >= 15 is 0 Å². The molecule has 1 aromatic heterocycles. The zero-order chi connectivity index (χ0) is 16.4. The van der Waals surface area contributed by atoms with Crippen LogP contribution in [0.5, 0.6) is 0 Å². The van der Waals surface area contributed by atoms with E-state index in [4.69, 9.17) is 9.47 Å². The fourth-order valence-corrected chi connectivity index (χ4v) is 4.22. The molecule has 2 aliphatic rings. The molecule has 0 bridgehead atoms. The fourth-order valence-electron chi connectivity index (χ4n) is 3.17. The van der Waals surface area contributed by atoms with Crippen LogP contribution in [0.15, 0.2) is 41.7 Å². The zero-order valence-corrected chi connectivity index (χ0v) is 14.2. The highest BCUT2D eigenvalue weighted by molar-refractivity contribution is 8.00. The molecule has 3 heterocycles. The number of ether oxygens (including phenoxy) is 2. The van der Waals surface area contributed by atoms with Crippen LogP contribution in [-0.4, -0.2) is 40.1 Å². The van der Waals surface area contributed by atoms with Crippen molar-refractivity contribution in [2.45, 2.75) is 42.3 Å². The van der Waals surface area contributed by atoms with Gasteiger partial charge >= 0.3 is 5.97 Å². The van der Waals surface area contributed by atoms with Gasteiger partial charge in [-0.3, -0.25) is 4.79 Å². The summed E-state index contributed by atoms with van der Waals surface area (Å²) in [7, 11) is 0. The minimum atomic E-state index is -0.153. The Morgan fingerprint density at radius 2 is 2.08 bits per heavy atom. The lowest BCUT2D eigenvalue weighted by Crippen LogP contribution is -2.18. The van der Waals surface area contributed by atoms with Crippen LogP contribution >= 0.6 is 11.8 Å². The van der Waals surface area contributed by atoms with Gasteiger partial charge in [0.2, 0.25) is 0 Å². The summed E-state index contributed by atoms with van der Waals surface area (Å²) >= 11 is 1.51. The molecule has 0 amide bonds. The molecular weight excluding hydrogens is 324 g/mol. The molecule has 6 heteroatoms. The van der Waals surface area contributed by atoms with Crippen LogP contribution in [0.4, 0.5) is 0 Å². The molecular formula is C18H20N2O3S. The van der Waals surface area contributed by atoms with Crippen molar-refractivity contribution in [3.05, 3.63) is 36.5 Å². The number of thioether (sulfide) groups is 1. The molecule has 2 fully saturated rings. The summed E-state index contributed by atoms with van der Waals surface area (Å²) in [6, 6.07) is 10.2. The monoisotopic (exact) mass is 344 g/mol. The van der Waals surface area contributed by atoms with Gasteiger partial charge in [-0.2, -0.15) is 0 Å². The molecule has 2 saturated heterocycles. The summed E-state index contributed by atoms with van der Waals surface area (Å²) in [6.07, 6.45) is 5.04. The molecule has 0 spiro atoms. The predicted molar refractivity (Wildman–Crippen MR) is 91.9 cm³/mol. The minimum Gasteiger partial charge on any atom is -0.465 e. The van der Waals surface area contributed by atoms with E-state index in [1.54, 1.807) is 0 Å². The lowest BCUT2D eigenvalue weighted by atomic mass is 10.1. The first kappa shape index (κ1) is 15.7. The third kappa shape index (κ3) is 3.21. The number of carbonyl (C=O) groups is 1. The SMILES string of the molecule is O=C1OCCC1Sc1ncc(-c2ccccc2)n1CC1CCCO1. The minimum absolute atomic E-state index is 0.132. The summed E-state index contributed by atoms with van der Waals surface area (Å²) in [5.41, 5.74) is 2.20. The van der Waals surface area contributed by atoms with E-state index in [9.17, 15) is 4.79 Å². The summed E-state index contributed by atoms with van der Waals surface area (Å²) < 4.78 is 13.1. The molecule has 4 rings (SSSR count). The molecule has 24 heavy (non-hydrogen) atoms. The maximum atomic E-state index is 11.8. The Labute approximate surface area is 145 Å². The second kappa shape index (κ2) is 6.99. The van der Waals surface area contributed by atoms with Gasteiger partial charge in [0.1, 0.15) is 5.25 Å². The molecule has 5 nitrogen and oxygen atoms in total. The van der Waals surface area contributed by atoms with Gasteiger partial charge in [0.25, 0.3) is 0 Å². The van der Waals surface area contributed by atoms with Gasteiger partial charge in [0, 0.05) is 13.0 Å². The standard InChI is InChI=1S/C18H20N2O3S/c21-17-16(8-10-23-17)24-18-19-11-15(13-5-2-1-3-6-13)20(18)12-14-7-4-9-22-14/h1-3,5-6,11,14,16H,4,7-10,12H2. The number of benzene rings is 1. The Balaban J connectivity index is 1.64. The maximum Gasteiger partial charge on any atom is 0.319 e. The number of rotatable bonds is 5. The molecule has 2 aliphatic heterocycles. The van der Waals surface area contributed by atoms with Crippen molar-refractivity contribution >= 4 is 17.7 Å². The quantitative estimate of drug-likeness (QED) is 0.780. The number of hydrogen-bond acceptors (Lipinski definition) is 5. The first-order valence-electron chi connectivity index (χ1n) is 8.37. The first-order valence-corrected chi connectivity index (χ1v) is 9.25. The van der Waals surface area contributed by atoms with Crippen LogP contribution in [0.25, 0.3) is 11.3 Å². The number of carbonyl (C=O) groups excluding carboxylic acids is 1. The molecule has 2 aromatic rings. The summed E-state index contributed by atoms with van der Waals surface area (Å²) in [5, 5.41) is 0.715. The Bertz CT molecular complexity index is 710. The van der Waals surface area contributed by atoms with Crippen LogP contribution in [0.1, 0.15) is 19.3 Å². The van der Waals surface area contributed by atoms with Crippen LogP contribution in [0.2, 0.25) is 0 Å². The molecule has 1 aromatic carbocycles. The number of hydrogen-bond donors (Lipinski definition) is 0. The van der Waals surface area contributed by atoms with Gasteiger partial charge in [-0.05, 0) is 18.4 Å². The summed E-state index contributed by atoms with van der Waals surface area (Å²) in [5.74, 6) is -0.132. The van der Waals surface area contributed by atoms with E-state index in [1.165, 1.54) is 11.8 Å². The second-order valence-electron chi connectivity index (χ2n) is 6.10. The molecule has 2 atom stereocenters. The third-order valence-corrected chi connectivity index (χ3v) is 5.68. The molecule has 0 saturated carbocycles. The number of aromatic nitrogens is 2. The van der Waals surface area contributed by atoms with E-state index in [0.29, 0.717) is 6.61 Å². The number of imidazole rings is 1. The average molecular weight is 344 g/mol. The van der Waals surface area contributed by atoms with Gasteiger partial charge in [0.05, 0.1) is 31.1 Å². The molecule has 0 N–H and O–H groups in total. The fraction of sp³-hybridized carbons (Fsp3) is 0.444. The van der Waals surface area contributed by atoms with Crippen LogP contribution in [-0.2, 0) is 20.8 Å². The first-order chi connectivity index (χ1) is 11.8. The smallest absolute Gasteiger partial charge is 0.319 e. The highest BCUT2D eigenvalue weighted by Crippen LogP contribution is 2.33. The predicted octanol–water partition coefficient (Wildman–Crippen LogP) is 3.14. The van der Waals surface area contributed by atoms with E-state index in [2.05, 4.69) is 21.7 Å². The van der Waals surface area contributed by atoms with Crippen molar-refractivity contribution in [1.82, 2.24) is 9.55 Å². The molecule has 2 unspecified atom stereocenters. The van der Waals surface area contributed by atoms with Gasteiger partial charge in [-0.25, -0.2) is 4.98 Å². The van der Waals surface area contributed by atoms with Crippen LogP contribution in [0.3, 0.4) is 0 Å². The van der Waals surface area contributed by atoms with Gasteiger partial charge in [-0.15, -0.1) is 0 Å². The van der Waals surface area contributed by atoms with Crippen molar-refractivity contribution in [2.24, 2.45) is 0 Å². The van der Waals surface area contributed by atoms with Crippen molar-refractivity contribution in [3.8, 4) is 11.3 Å². The van der Waals surface area contributed by atoms with E-state index < -0.39 is 0 Å². The number of cyclic esters (lactones) is 1. The Kier molecular flexibility index (Phi) is 4.58. The molecule has 126 valence electrons. The van der Waals surface area contributed by atoms with Gasteiger partial charge in [-0.1, -0.05) is 42.1 Å². The number of nitrogens with zero attached hydrogens (tertiary/aromatic N) is 2. The molecule has 0 radical (unpaired) electrons. The van der Waals surface area contributed by atoms with E-state index in [1.807, 2.05) is 24.4 Å².